The Hall–Kier alpha value is -3.93. The first-order valence-electron chi connectivity index (χ1n) is 9.63. The lowest BCUT2D eigenvalue weighted by Gasteiger charge is -2.11. The molecule has 5 rings (SSSR count). The normalized spacial score (nSPS) is 11.0. The van der Waals surface area contributed by atoms with Crippen LogP contribution in [0.5, 0.6) is 11.5 Å². The van der Waals surface area contributed by atoms with Crippen LogP contribution in [-0.4, -0.2) is 20.2 Å². The first kappa shape index (κ1) is 20.9. The number of nitriles is 1. The van der Waals surface area contributed by atoms with Crippen molar-refractivity contribution in [3.63, 3.8) is 0 Å². The second-order valence-electron chi connectivity index (χ2n) is 7.02. The Morgan fingerprint density at radius 2 is 1.94 bits per heavy atom. The fourth-order valence-corrected chi connectivity index (χ4v) is 3.65. The minimum absolute atomic E-state index is 0.00554. The average molecular weight is 480 g/mol. The van der Waals surface area contributed by atoms with Crippen LogP contribution in [0.2, 0.25) is 10.0 Å². The predicted octanol–water partition coefficient (Wildman–Crippen LogP) is 6.31. The van der Waals surface area contributed by atoms with Crippen molar-refractivity contribution in [3.8, 4) is 29.3 Å². The molecular weight excluding hydrogens is 468 g/mol. The van der Waals surface area contributed by atoms with Crippen LogP contribution in [0.25, 0.3) is 22.7 Å². The van der Waals surface area contributed by atoms with E-state index in [4.69, 9.17) is 37.6 Å². The van der Waals surface area contributed by atoms with E-state index in [0.29, 0.717) is 5.82 Å². The van der Waals surface area contributed by atoms with E-state index in [-0.39, 0.29) is 50.9 Å². The average Bonchev–Trinajstić information content (AvgIpc) is 3.45. The minimum Gasteiger partial charge on any atom is -0.453 e. The van der Waals surface area contributed by atoms with Gasteiger partial charge in [0.2, 0.25) is 5.89 Å². The molecule has 0 radical (unpaired) electrons. The number of nitrogens with zero attached hydrogens (tertiary/aromatic N) is 4. The van der Waals surface area contributed by atoms with E-state index < -0.39 is 5.82 Å². The number of aromatic amines is 1. The van der Waals surface area contributed by atoms with Gasteiger partial charge in [0, 0.05) is 10.6 Å². The Kier molecular flexibility index (Phi) is 5.42. The van der Waals surface area contributed by atoms with Crippen molar-refractivity contribution in [2.24, 2.45) is 0 Å². The highest BCUT2D eigenvalue weighted by Crippen LogP contribution is 2.36. The van der Waals surface area contributed by atoms with Gasteiger partial charge in [0.15, 0.2) is 17.4 Å². The van der Waals surface area contributed by atoms with E-state index in [1.807, 2.05) is 30.3 Å². The molecule has 10 heteroatoms. The molecule has 0 unspecified atom stereocenters. The van der Waals surface area contributed by atoms with Gasteiger partial charge in [0.25, 0.3) is 5.89 Å². The summed E-state index contributed by atoms with van der Waals surface area (Å²) in [5, 5.41) is 17.4. The van der Waals surface area contributed by atoms with Crippen LogP contribution in [-0.2, 0) is 6.42 Å². The number of benzene rings is 3. The van der Waals surface area contributed by atoms with E-state index in [1.165, 1.54) is 30.3 Å². The molecule has 0 atom stereocenters. The molecule has 0 fully saturated rings. The van der Waals surface area contributed by atoms with Gasteiger partial charge in [0.1, 0.15) is 5.75 Å². The highest BCUT2D eigenvalue weighted by Gasteiger charge is 2.19. The van der Waals surface area contributed by atoms with Crippen LogP contribution in [0.1, 0.15) is 17.0 Å². The van der Waals surface area contributed by atoms with Gasteiger partial charge in [-0.1, -0.05) is 41.4 Å². The summed E-state index contributed by atoms with van der Waals surface area (Å²) >= 11 is 12.2. The number of nitrogens with one attached hydrogen (secondary N) is 1. The quantitative estimate of drug-likeness (QED) is 0.316. The van der Waals surface area contributed by atoms with Crippen molar-refractivity contribution in [2.45, 2.75) is 6.42 Å². The molecule has 162 valence electrons. The van der Waals surface area contributed by atoms with Gasteiger partial charge < -0.3 is 14.1 Å². The molecule has 3 aromatic carbocycles. The van der Waals surface area contributed by atoms with Crippen molar-refractivity contribution in [1.82, 2.24) is 20.2 Å². The number of fused-ring (bicyclic) bond motifs is 1. The summed E-state index contributed by atoms with van der Waals surface area (Å²) in [6.07, 6.45) is 0.00554. The van der Waals surface area contributed by atoms with Crippen molar-refractivity contribution >= 4 is 34.2 Å². The second kappa shape index (κ2) is 8.54. The standard InChI is InChI=1S/C23H12Cl2FN5O2/c24-14-7-12(11-27)8-15(10-14)32-21-16(25)6-5-13(20(21)26)9-19-30-31-23(33-19)22-28-17-3-1-2-4-18(17)29-22/h1-8,10H,9H2,(H,28,29). The van der Waals surface area contributed by atoms with Crippen LogP contribution in [0, 0.1) is 17.1 Å². The van der Waals surface area contributed by atoms with E-state index in [1.54, 1.807) is 0 Å². The molecule has 5 aromatic rings. The largest absolute Gasteiger partial charge is 0.453 e. The Labute approximate surface area is 196 Å². The highest BCUT2D eigenvalue weighted by molar-refractivity contribution is 6.32. The van der Waals surface area contributed by atoms with Gasteiger partial charge in [-0.2, -0.15) is 5.26 Å². The van der Waals surface area contributed by atoms with Gasteiger partial charge in [0.05, 0.1) is 34.1 Å². The second-order valence-corrected chi connectivity index (χ2v) is 7.86. The molecule has 2 aromatic heterocycles. The lowest BCUT2D eigenvalue weighted by molar-refractivity contribution is 0.437. The summed E-state index contributed by atoms with van der Waals surface area (Å²) in [4.78, 5) is 7.52. The number of rotatable bonds is 5. The van der Waals surface area contributed by atoms with Crippen molar-refractivity contribution < 1.29 is 13.5 Å². The lowest BCUT2D eigenvalue weighted by Crippen LogP contribution is -1.98. The third kappa shape index (κ3) is 4.24. The molecule has 0 bridgehead atoms. The maximum atomic E-state index is 15.2. The molecule has 0 spiro atoms. The number of aromatic nitrogens is 4. The summed E-state index contributed by atoms with van der Waals surface area (Å²) in [5.41, 5.74) is 2.10. The van der Waals surface area contributed by atoms with Gasteiger partial charge >= 0.3 is 0 Å². The van der Waals surface area contributed by atoms with Crippen LogP contribution in [0.4, 0.5) is 4.39 Å². The minimum atomic E-state index is -0.690. The number of halogens is 3. The smallest absolute Gasteiger partial charge is 0.283 e. The topological polar surface area (TPSA) is 101 Å². The predicted molar refractivity (Wildman–Crippen MR) is 120 cm³/mol. The molecule has 0 aliphatic rings. The summed E-state index contributed by atoms with van der Waals surface area (Å²) in [6, 6.07) is 16.8. The van der Waals surface area contributed by atoms with Crippen LogP contribution in [0.15, 0.2) is 59.0 Å². The molecule has 1 N–H and O–H groups in total. The summed E-state index contributed by atoms with van der Waals surface area (Å²) in [6.45, 7) is 0. The Morgan fingerprint density at radius 1 is 1.09 bits per heavy atom. The molecule has 0 amide bonds. The third-order valence-corrected chi connectivity index (χ3v) is 5.27. The molecule has 0 aliphatic heterocycles. The fourth-order valence-electron chi connectivity index (χ4n) is 3.25. The van der Waals surface area contributed by atoms with Gasteiger partial charge in [-0.25, -0.2) is 9.37 Å². The third-order valence-electron chi connectivity index (χ3n) is 4.75. The molecule has 7 nitrogen and oxygen atoms in total. The zero-order valence-corrected chi connectivity index (χ0v) is 18.2. The molecule has 33 heavy (non-hydrogen) atoms. The van der Waals surface area contributed by atoms with Gasteiger partial charge in [-0.05, 0) is 36.4 Å². The number of para-hydroxylation sites is 2. The number of H-pyrrole nitrogens is 1. The summed E-state index contributed by atoms with van der Waals surface area (Å²) in [5.74, 6) is 0.0933. The van der Waals surface area contributed by atoms with Crippen molar-refractivity contribution in [3.05, 3.63) is 87.5 Å². The zero-order valence-electron chi connectivity index (χ0n) is 16.6. The maximum Gasteiger partial charge on any atom is 0.283 e. The van der Waals surface area contributed by atoms with E-state index in [9.17, 15) is 0 Å². The zero-order chi connectivity index (χ0) is 22.9. The molecule has 0 saturated heterocycles. The van der Waals surface area contributed by atoms with Crippen molar-refractivity contribution in [1.29, 1.82) is 5.26 Å². The summed E-state index contributed by atoms with van der Waals surface area (Å²) < 4.78 is 26.5. The number of hydrogen-bond donors (Lipinski definition) is 1. The van der Waals surface area contributed by atoms with Crippen LogP contribution in [0.3, 0.4) is 0 Å². The Morgan fingerprint density at radius 3 is 2.76 bits per heavy atom. The Balaban J connectivity index is 1.42. The van der Waals surface area contributed by atoms with Gasteiger partial charge in [-0.15, -0.1) is 10.2 Å². The van der Waals surface area contributed by atoms with Crippen LogP contribution < -0.4 is 4.74 Å². The number of ether oxygens (including phenoxy) is 1. The molecule has 0 aliphatic carbocycles. The lowest BCUT2D eigenvalue weighted by atomic mass is 10.1. The first-order chi connectivity index (χ1) is 16.0. The molecule has 2 heterocycles. The Bertz CT molecular complexity index is 1510. The number of imidazole rings is 1. The highest BCUT2D eigenvalue weighted by atomic mass is 35.5. The first-order valence-corrected chi connectivity index (χ1v) is 10.4. The van der Waals surface area contributed by atoms with Crippen LogP contribution >= 0.6 is 23.2 Å². The fraction of sp³-hybridized carbons (Fsp3) is 0.0435. The van der Waals surface area contributed by atoms with Crippen molar-refractivity contribution in [2.75, 3.05) is 0 Å². The molecular formula is C23H12Cl2FN5O2. The number of hydrogen-bond acceptors (Lipinski definition) is 6. The summed E-state index contributed by atoms with van der Waals surface area (Å²) in [7, 11) is 0. The van der Waals surface area contributed by atoms with E-state index >= 15 is 4.39 Å². The molecule has 0 saturated carbocycles. The van der Waals surface area contributed by atoms with E-state index in [2.05, 4.69) is 20.2 Å². The SMILES string of the molecule is N#Cc1cc(Cl)cc(Oc2c(Cl)ccc(Cc3nnc(-c4nc5ccccc5[nH]4)o3)c2F)c1. The van der Waals surface area contributed by atoms with E-state index in [0.717, 1.165) is 11.0 Å². The van der Waals surface area contributed by atoms with Gasteiger partial charge in [-0.3, -0.25) is 0 Å². The maximum absolute atomic E-state index is 15.2. The monoisotopic (exact) mass is 479 g/mol.